The molecule has 178 valence electrons. The number of hydrogen-bond donors (Lipinski definition) is 1. The maximum Gasteiger partial charge on any atom is 0.243 e. The topological polar surface area (TPSA) is 49.4 Å². The number of halogens is 2. The predicted octanol–water partition coefficient (Wildman–Crippen LogP) is 6.09. The summed E-state index contributed by atoms with van der Waals surface area (Å²) in [5.74, 6) is -0.322. The first-order valence-corrected chi connectivity index (χ1v) is 12.3. The second kappa shape index (κ2) is 13.2. The number of unbranched alkanes of at least 4 members (excludes halogenated alkanes) is 1. The van der Waals surface area contributed by atoms with E-state index in [4.69, 9.17) is 23.2 Å². The van der Waals surface area contributed by atoms with Crippen LogP contribution in [0.4, 0.5) is 0 Å². The number of hydrogen-bond acceptors (Lipinski definition) is 2. The maximum atomic E-state index is 13.7. The van der Waals surface area contributed by atoms with Crippen LogP contribution in [0.25, 0.3) is 0 Å². The molecule has 0 aliphatic heterocycles. The normalized spacial score (nSPS) is 11.6. The van der Waals surface area contributed by atoms with Gasteiger partial charge >= 0.3 is 0 Å². The summed E-state index contributed by atoms with van der Waals surface area (Å²) in [6.07, 6.45) is 2.40. The fourth-order valence-electron chi connectivity index (χ4n) is 3.79. The monoisotopic (exact) mass is 496 g/mol. The van der Waals surface area contributed by atoms with E-state index in [1.807, 2.05) is 60.7 Å². The van der Waals surface area contributed by atoms with Crippen LogP contribution in [0.15, 0.2) is 78.9 Å². The van der Waals surface area contributed by atoms with E-state index in [2.05, 4.69) is 12.2 Å². The zero-order valence-corrected chi connectivity index (χ0v) is 20.9. The molecule has 3 aromatic rings. The van der Waals surface area contributed by atoms with E-state index in [1.165, 1.54) is 0 Å². The lowest BCUT2D eigenvalue weighted by molar-refractivity contribution is -0.140. The van der Waals surface area contributed by atoms with Gasteiger partial charge in [0, 0.05) is 29.6 Å². The SMILES string of the molecule is CCCCNC(=O)C(Cc1ccccc1)N(Cc1ccccc1Cl)C(=O)Cc1cccc(Cl)c1. The Bertz CT molecular complexity index is 1090. The molecule has 0 saturated carbocycles. The summed E-state index contributed by atoms with van der Waals surface area (Å²) in [5.41, 5.74) is 2.58. The van der Waals surface area contributed by atoms with Crippen molar-refractivity contribution in [3.8, 4) is 0 Å². The molecule has 0 aliphatic carbocycles. The summed E-state index contributed by atoms with van der Waals surface area (Å²) in [6.45, 7) is 2.88. The Morgan fingerprint density at radius 1 is 0.912 bits per heavy atom. The highest BCUT2D eigenvalue weighted by Gasteiger charge is 2.30. The molecule has 0 saturated heterocycles. The van der Waals surface area contributed by atoms with Gasteiger partial charge in [0.05, 0.1) is 6.42 Å². The van der Waals surface area contributed by atoms with E-state index in [1.54, 1.807) is 23.1 Å². The molecule has 6 heteroatoms. The highest BCUT2D eigenvalue weighted by atomic mass is 35.5. The van der Waals surface area contributed by atoms with Gasteiger partial charge in [-0.1, -0.05) is 97.2 Å². The summed E-state index contributed by atoms with van der Waals surface area (Å²) >= 11 is 12.6. The van der Waals surface area contributed by atoms with Gasteiger partial charge in [-0.3, -0.25) is 9.59 Å². The minimum absolute atomic E-state index is 0.137. The molecule has 1 N–H and O–H groups in total. The highest BCUT2D eigenvalue weighted by molar-refractivity contribution is 6.31. The molecule has 2 amide bonds. The molecule has 0 aliphatic rings. The Labute approximate surface area is 211 Å². The van der Waals surface area contributed by atoms with E-state index in [0.29, 0.717) is 23.0 Å². The molecule has 34 heavy (non-hydrogen) atoms. The van der Waals surface area contributed by atoms with Crippen LogP contribution in [-0.2, 0) is 29.0 Å². The van der Waals surface area contributed by atoms with E-state index in [-0.39, 0.29) is 24.8 Å². The quantitative estimate of drug-likeness (QED) is 0.326. The third-order valence-corrected chi connectivity index (χ3v) is 6.25. The standard InChI is InChI=1S/C28H30Cl2N2O2/c1-2-3-16-31-28(34)26(18-21-10-5-4-6-11-21)32(20-23-13-7-8-15-25(23)30)27(33)19-22-12-9-14-24(29)17-22/h4-15,17,26H,2-3,16,18-20H2,1H3,(H,31,34). The predicted molar refractivity (Wildman–Crippen MR) is 139 cm³/mol. The number of carbonyl (C=O) groups is 2. The molecule has 0 heterocycles. The molecule has 4 nitrogen and oxygen atoms in total. The van der Waals surface area contributed by atoms with Gasteiger partial charge in [0.15, 0.2) is 0 Å². The minimum atomic E-state index is -0.679. The van der Waals surface area contributed by atoms with Crippen molar-refractivity contribution in [3.05, 3.63) is 106 Å². The molecule has 3 rings (SSSR count). The zero-order valence-electron chi connectivity index (χ0n) is 19.3. The molecule has 0 bridgehead atoms. The lowest BCUT2D eigenvalue weighted by Gasteiger charge is -2.32. The van der Waals surface area contributed by atoms with Crippen molar-refractivity contribution in [2.24, 2.45) is 0 Å². The molecular formula is C28H30Cl2N2O2. The fourth-order valence-corrected chi connectivity index (χ4v) is 4.20. The van der Waals surface area contributed by atoms with Gasteiger partial charge in [-0.05, 0) is 41.3 Å². The van der Waals surface area contributed by atoms with E-state index in [9.17, 15) is 9.59 Å². The van der Waals surface area contributed by atoms with Crippen molar-refractivity contribution >= 4 is 35.0 Å². The second-order valence-corrected chi connectivity index (χ2v) is 9.11. The van der Waals surface area contributed by atoms with Crippen LogP contribution < -0.4 is 5.32 Å². The molecule has 0 radical (unpaired) electrons. The summed E-state index contributed by atoms with van der Waals surface area (Å²) in [6, 6.07) is 23.7. The minimum Gasteiger partial charge on any atom is -0.354 e. The van der Waals surface area contributed by atoms with Crippen molar-refractivity contribution in [2.45, 2.75) is 45.2 Å². The molecule has 3 aromatic carbocycles. The van der Waals surface area contributed by atoms with Crippen LogP contribution in [-0.4, -0.2) is 29.3 Å². The van der Waals surface area contributed by atoms with Crippen molar-refractivity contribution in [1.29, 1.82) is 0 Å². The van der Waals surface area contributed by atoms with Crippen molar-refractivity contribution in [1.82, 2.24) is 10.2 Å². The summed E-state index contributed by atoms with van der Waals surface area (Å²) in [7, 11) is 0. The van der Waals surface area contributed by atoms with Gasteiger partial charge in [-0.2, -0.15) is 0 Å². The summed E-state index contributed by atoms with van der Waals surface area (Å²) < 4.78 is 0. The summed E-state index contributed by atoms with van der Waals surface area (Å²) in [5, 5.41) is 4.16. The molecule has 0 aromatic heterocycles. The molecular weight excluding hydrogens is 467 g/mol. The van der Waals surface area contributed by atoms with Gasteiger partial charge in [-0.15, -0.1) is 0 Å². The lowest BCUT2D eigenvalue weighted by atomic mass is 10.0. The third-order valence-electron chi connectivity index (χ3n) is 5.64. The van der Waals surface area contributed by atoms with Crippen LogP contribution >= 0.6 is 23.2 Å². The number of nitrogens with zero attached hydrogens (tertiary/aromatic N) is 1. The van der Waals surface area contributed by atoms with Gasteiger partial charge in [0.2, 0.25) is 11.8 Å². The number of benzene rings is 3. The van der Waals surface area contributed by atoms with Crippen molar-refractivity contribution in [2.75, 3.05) is 6.54 Å². The first kappa shape index (κ1) is 25.8. The number of carbonyl (C=O) groups excluding carboxylic acids is 2. The Hall–Kier alpha value is -2.82. The zero-order chi connectivity index (χ0) is 24.3. The number of amides is 2. The maximum absolute atomic E-state index is 13.7. The van der Waals surface area contributed by atoms with Crippen molar-refractivity contribution < 1.29 is 9.59 Å². The van der Waals surface area contributed by atoms with E-state index < -0.39 is 6.04 Å². The van der Waals surface area contributed by atoms with Crippen LogP contribution in [0.2, 0.25) is 10.0 Å². The van der Waals surface area contributed by atoms with Crippen LogP contribution in [0.1, 0.15) is 36.5 Å². The third kappa shape index (κ3) is 7.61. The van der Waals surface area contributed by atoms with Gasteiger partial charge in [0.1, 0.15) is 6.04 Å². The molecule has 1 unspecified atom stereocenters. The Morgan fingerprint density at radius 3 is 2.32 bits per heavy atom. The van der Waals surface area contributed by atoms with Gasteiger partial charge in [-0.25, -0.2) is 0 Å². The average Bonchev–Trinajstić information content (AvgIpc) is 2.83. The second-order valence-electron chi connectivity index (χ2n) is 8.27. The number of rotatable bonds is 11. The van der Waals surface area contributed by atoms with Crippen molar-refractivity contribution in [3.63, 3.8) is 0 Å². The smallest absolute Gasteiger partial charge is 0.243 e. The Balaban J connectivity index is 1.95. The van der Waals surface area contributed by atoms with E-state index >= 15 is 0 Å². The fraction of sp³-hybridized carbons (Fsp3) is 0.286. The molecule has 0 spiro atoms. The average molecular weight is 497 g/mol. The Morgan fingerprint density at radius 2 is 1.62 bits per heavy atom. The first-order valence-electron chi connectivity index (χ1n) is 11.6. The highest BCUT2D eigenvalue weighted by Crippen LogP contribution is 2.22. The number of nitrogens with one attached hydrogen (secondary N) is 1. The van der Waals surface area contributed by atoms with Gasteiger partial charge in [0.25, 0.3) is 0 Å². The van der Waals surface area contributed by atoms with Crippen LogP contribution in [0.5, 0.6) is 0 Å². The van der Waals surface area contributed by atoms with Crippen LogP contribution in [0, 0.1) is 0 Å². The van der Waals surface area contributed by atoms with Crippen LogP contribution in [0.3, 0.4) is 0 Å². The van der Waals surface area contributed by atoms with Gasteiger partial charge < -0.3 is 10.2 Å². The largest absolute Gasteiger partial charge is 0.354 e. The lowest BCUT2D eigenvalue weighted by Crippen LogP contribution is -2.51. The summed E-state index contributed by atoms with van der Waals surface area (Å²) in [4.78, 5) is 28.7. The first-order chi connectivity index (χ1) is 16.5. The Kier molecular flexibility index (Phi) is 9.99. The molecule has 1 atom stereocenters. The van der Waals surface area contributed by atoms with E-state index in [0.717, 1.165) is 29.5 Å². The molecule has 0 fully saturated rings.